The summed E-state index contributed by atoms with van der Waals surface area (Å²) in [6.45, 7) is 2.29. The van der Waals surface area contributed by atoms with Crippen LogP contribution in [0.3, 0.4) is 0 Å². The predicted octanol–water partition coefficient (Wildman–Crippen LogP) is 2.59. The normalized spacial score (nSPS) is 28.9. The molecule has 1 atom stereocenters. The summed E-state index contributed by atoms with van der Waals surface area (Å²) in [6.07, 6.45) is 6.07. The number of aliphatic hydroxyl groups is 1. The van der Waals surface area contributed by atoms with E-state index in [9.17, 15) is 5.11 Å². The van der Waals surface area contributed by atoms with Gasteiger partial charge in [0.25, 0.3) is 0 Å². The van der Waals surface area contributed by atoms with Crippen molar-refractivity contribution >= 4 is 16.5 Å². The largest absolute Gasteiger partial charge is 0.387 e. The molecule has 1 heterocycles. The summed E-state index contributed by atoms with van der Waals surface area (Å²) in [5.41, 5.74) is 5.56. The smallest absolute Gasteiger partial charge is 0.180 e. The molecule has 3 N–H and O–H groups in total. The van der Waals surface area contributed by atoms with Gasteiger partial charge < -0.3 is 10.8 Å². The number of hydrogen-bond donors (Lipinski definition) is 2. The Balaban J connectivity index is 1.99. The van der Waals surface area contributed by atoms with Gasteiger partial charge in [0.2, 0.25) is 0 Å². The number of nitrogens with two attached hydrogens (primary N) is 1. The molecule has 1 aromatic rings. The van der Waals surface area contributed by atoms with Gasteiger partial charge in [0, 0.05) is 6.20 Å². The number of hydrogen-bond acceptors (Lipinski definition) is 4. The van der Waals surface area contributed by atoms with E-state index < -0.39 is 0 Å². The molecule has 2 rings (SSSR count). The molecule has 0 aliphatic heterocycles. The van der Waals surface area contributed by atoms with Crippen LogP contribution in [0, 0.1) is 11.8 Å². The Kier molecular flexibility index (Phi) is 3.26. The molecule has 1 aliphatic rings. The molecule has 4 heteroatoms. The average Bonchev–Trinajstić information content (AvgIpc) is 2.65. The van der Waals surface area contributed by atoms with Crippen LogP contribution in [0.4, 0.5) is 5.13 Å². The van der Waals surface area contributed by atoms with Crippen LogP contribution in [0.1, 0.15) is 43.6 Å². The van der Waals surface area contributed by atoms with E-state index in [2.05, 4.69) is 11.9 Å². The standard InChI is InChI=1S/C11H18N2OS/c1-7-2-4-8(5-3-7)10(14)9-6-13-11(12)15-9/h6-8,10,14H,2-5H2,1H3,(H2,12,13). The number of aliphatic hydroxyl groups excluding tert-OH is 1. The maximum absolute atomic E-state index is 10.2. The molecule has 0 saturated heterocycles. The third-order valence-corrected chi connectivity index (χ3v) is 4.24. The van der Waals surface area contributed by atoms with Crippen LogP contribution in [0.15, 0.2) is 6.20 Å². The van der Waals surface area contributed by atoms with Crippen molar-refractivity contribution in [2.75, 3.05) is 5.73 Å². The molecule has 1 fully saturated rings. The number of thiazole rings is 1. The van der Waals surface area contributed by atoms with Gasteiger partial charge in [-0.1, -0.05) is 31.1 Å². The van der Waals surface area contributed by atoms with E-state index in [0.717, 1.165) is 23.6 Å². The van der Waals surface area contributed by atoms with Crippen LogP contribution in [0.25, 0.3) is 0 Å². The fraction of sp³-hybridized carbons (Fsp3) is 0.727. The Morgan fingerprint density at radius 1 is 1.47 bits per heavy atom. The van der Waals surface area contributed by atoms with Gasteiger partial charge in [-0.3, -0.25) is 0 Å². The quantitative estimate of drug-likeness (QED) is 0.815. The molecule has 1 aliphatic carbocycles. The van der Waals surface area contributed by atoms with Crippen LogP contribution >= 0.6 is 11.3 Å². The minimum absolute atomic E-state index is 0.354. The molecule has 1 aromatic heterocycles. The fourth-order valence-corrected chi connectivity index (χ4v) is 3.04. The molecule has 1 unspecified atom stereocenters. The van der Waals surface area contributed by atoms with Crippen molar-refractivity contribution in [2.24, 2.45) is 11.8 Å². The van der Waals surface area contributed by atoms with Crippen molar-refractivity contribution in [1.29, 1.82) is 0 Å². The van der Waals surface area contributed by atoms with Crippen LogP contribution in [-0.2, 0) is 0 Å². The van der Waals surface area contributed by atoms with Crippen molar-refractivity contribution in [2.45, 2.75) is 38.7 Å². The van der Waals surface area contributed by atoms with Crippen molar-refractivity contribution < 1.29 is 5.11 Å². The van der Waals surface area contributed by atoms with E-state index in [-0.39, 0.29) is 6.10 Å². The minimum Gasteiger partial charge on any atom is -0.387 e. The van der Waals surface area contributed by atoms with Crippen molar-refractivity contribution in [1.82, 2.24) is 4.98 Å². The summed E-state index contributed by atoms with van der Waals surface area (Å²) >= 11 is 1.41. The Morgan fingerprint density at radius 2 is 2.13 bits per heavy atom. The Morgan fingerprint density at radius 3 is 2.67 bits per heavy atom. The third-order valence-electron chi connectivity index (χ3n) is 3.34. The molecule has 0 amide bonds. The van der Waals surface area contributed by atoms with Gasteiger partial charge in [-0.15, -0.1) is 0 Å². The molecule has 1 saturated carbocycles. The maximum atomic E-state index is 10.2. The number of nitrogens with zero attached hydrogens (tertiary/aromatic N) is 1. The zero-order valence-electron chi connectivity index (χ0n) is 9.02. The molecule has 84 valence electrons. The first-order chi connectivity index (χ1) is 7.16. The highest BCUT2D eigenvalue weighted by Crippen LogP contribution is 2.38. The highest BCUT2D eigenvalue weighted by atomic mass is 32.1. The zero-order chi connectivity index (χ0) is 10.8. The van der Waals surface area contributed by atoms with E-state index in [1.54, 1.807) is 6.20 Å². The summed E-state index contributed by atoms with van der Waals surface area (Å²) in [5, 5.41) is 10.7. The Labute approximate surface area is 94.3 Å². The lowest BCUT2D eigenvalue weighted by molar-refractivity contribution is 0.0782. The lowest BCUT2D eigenvalue weighted by Gasteiger charge is -2.29. The van der Waals surface area contributed by atoms with Crippen LogP contribution in [0.2, 0.25) is 0 Å². The van der Waals surface area contributed by atoms with Gasteiger partial charge in [0.05, 0.1) is 11.0 Å². The Bertz CT molecular complexity index is 318. The first-order valence-corrected chi connectivity index (χ1v) is 6.37. The highest BCUT2D eigenvalue weighted by Gasteiger charge is 2.26. The second-order valence-corrected chi connectivity index (χ2v) is 5.66. The molecule has 0 bridgehead atoms. The monoisotopic (exact) mass is 226 g/mol. The summed E-state index contributed by atoms with van der Waals surface area (Å²) < 4.78 is 0. The first-order valence-electron chi connectivity index (χ1n) is 5.56. The maximum Gasteiger partial charge on any atom is 0.180 e. The van der Waals surface area contributed by atoms with Gasteiger partial charge in [-0.25, -0.2) is 4.98 Å². The van der Waals surface area contributed by atoms with Crippen molar-refractivity contribution in [3.8, 4) is 0 Å². The number of anilines is 1. The van der Waals surface area contributed by atoms with E-state index in [0.29, 0.717) is 11.0 Å². The van der Waals surface area contributed by atoms with Gasteiger partial charge >= 0.3 is 0 Å². The van der Waals surface area contributed by atoms with Gasteiger partial charge in [-0.2, -0.15) is 0 Å². The second kappa shape index (κ2) is 4.49. The van der Waals surface area contributed by atoms with E-state index in [1.807, 2.05) is 0 Å². The van der Waals surface area contributed by atoms with Crippen LogP contribution < -0.4 is 5.73 Å². The van der Waals surface area contributed by atoms with Gasteiger partial charge in [0.15, 0.2) is 5.13 Å². The van der Waals surface area contributed by atoms with Gasteiger partial charge in [0.1, 0.15) is 0 Å². The molecule has 0 aromatic carbocycles. The predicted molar refractivity (Wildman–Crippen MR) is 62.6 cm³/mol. The molecular formula is C11H18N2OS. The van der Waals surface area contributed by atoms with Crippen LogP contribution in [-0.4, -0.2) is 10.1 Å². The fourth-order valence-electron chi connectivity index (χ4n) is 2.27. The van der Waals surface area contributed by atoms with E-state index in [4.69, 9.17) is 5.73 Å². The number of aromatic nitrogens is 1. The van der Waals surface area contributed by atoms with Crippen molar-refractivity contribution in [3.05, 3.63) is 11.1 Å². The highest BCUT2D eigenvalue weighted by molar-refractivity contribution is 7.15. The van der Waals surface area contributed by atoms with E-state index >= 15 is 0 Å². The summed E-state index contributed by atoms with van der Waals surface area (Å²) in [5.74, 6) is 1.22. The number of rotatable bonds is 2. The third kappa shape index (κ3) is 2.49. The second-order valence-electron chi connectivity index (χ2n) is 4.57. The van der Waals surface area contributed by atoms with E-state index in [1.165, 1.54) is 24.2 Å². The SMILES string of the molecule is CC1CCC(C(O)c2cnc(N)s2)CC1. The number of nitrogen functional groups attached to an aromatic ring is 1. The van der Waals surface area contributed by atoms with Crippen LogP contribution in [0.5, 0.6) is 0 Å². The van der Waals surface area contributed by atoms with Crippen molar-refractivity contribution in [3.63, 3.8) is 0 Å². The first kappa shape index (κ1) is 10.9. The lowest BCUT2D eigenvalue weighted by atomic mass is 9.80. The summed E-state index contributed by atoms with van der Waals surface area (Å²) in [6, 6.07) is 0. The summed E-state index contributed by atoms with van der Waals surface area (Å²) in [4.78, 5) is 4.91. The zero-order valence-corrected chi connectivity index (χ0v) is 9.83. The molecule has 3 nitrogen and oxygen atoms in total. The Hall–Kier alpha value is -0.610. The topological polar surface area (TPSA) is 59.1 Å². The summed E-state index contributed by atoms with van der Waals surface area (Å²) in [7, 11) is 0. The lowest BCUT2D eigenvalue weighted by Crippen LogP contribution is -2.18. The molecule has 0 radical (unpaired) electrons. The molecule has 15 heavy (non-hydrogen) atoms. The van der Waals surface area contributed by atoms with Gasteiger partial charge in [-0.05, 0) is 24.7 Å². The minimum atomic E-state index is -0.354. The molecular weight excluding hydrogens is 208 g/mol. The molecule has 0 spiro atoms. The average molecular weight is 226 g/mol.